The van der Waals surface area contributed by atoms with E-state index in [4.69, 9.17) is 9.97 Å². The van der Waals surface area contributed by atoms with Crippen LogP contribution in [0.1, 0.15) is 42.5 Å². The highest BCUT2D eigenvalue weighted by molar-refractivity contribution is 8.18. The average Bonchev–Trinajstić information content (AvgIpc) is 3.20. The monoisotopic (exact) mass is 498 g/mol. The van der Waals surface area contributed by atoms with E-state index in [2.05, 4.69) is 72.6 Å². The Morgan fingerprint density at radius 3 is 2.17 bits per heavy atom. The highest BCUT2D eigenvalue weighted by Gasteiger charge is 2.25. The molecule has 0 atom stereocenters. The molecule has 2 amide bonds. The lowest BCUT2D eigenvalue weighted by molar-refractivity contribution is -0.115. The molecule has 2 aliphatic heterocycles. The Balaban J connectivity index is 1.38. The lowest BCUT2D eigenvalue weighted by atomic mass is 10.0. The Bertz CT molecular complexity index is 1320. The Kier molecular flexibility index (Phi) is 7.18. The predicted octanol–water partition coefficient (Wildman–Crippen LogP) is 6.22. The number of carbonyl (C=O) groups is 2. The van der Waals surface area contributed by atoms with Gasteiger partial charge in [-0.3, -0.25) is 14.9 Å². The third-order valence-electron chi connectivity index (χ3n) is 6.59. The number of rotatable bonds is 7. The van der Waals surface area contributed by atoms with Gasteiger partial charge in [0.05, 0.1) is 22.0 Å². The van der Waals surface area contributed by atoms with Crippen molar-refractivity contribution in [3.05, 3.63) is 76.3 Å². The van der Waals surface area contributed by atoms with Gasteiger partial charge in [0, 0.05) is 24.2 Å². The van der Waals surface area contributed by atoms with Gasteiger partial charge in [0.1, 0.15) is 0 Å². The molecule has 0 bridgehead atoms. The van der Waals surface area contributed by atoms with Crippen molar-refractivity contribution in [2.24, 2.45) is 0 Å². The molecule has 5 rings (SSSR count). The van der Waals surface area contributed by atoms with Gasteiger partial charge in [-0.25, -0.2) is 9.97 Å². The highest BCUT2D eigenvalue weighted by atomic mass is 32.2. The molecule has 0 unspecified atom stereocenters. The molecule has 0 saturated carbocycles. The van der Waals surface area contributed by atoms with Gasteiger partial charge in [-0.2, -0.15) is 0 Å². The van der Waals surface area contributed by atoms with E-state index in [1.165, 1.54) is 11.1 Å². The number of hydrogen-bond donors (Lipinski definition) is 1. The third-order valence-corrected chi connectivity index (χ3v) is 7.45. The maximum absolute atomic E-state index is 11.7. The zero-order chi connectivity index (χ0) is 25.1. The van der Waals surface area contributed by atoms with Gasteiger partial charge in [-0.05, 0) is 57.7 Å². The average molecular weight is 499 g/mol. The van der Waals surface area contributed by atoms with Crippen LogP contribution in [0.3, 0.4) is 0 Å². The smallest absolute Gasteiger partial charge is 0.290 e. The second kappa shape index (κ2) is 10.7. The van der Waals surface area contributed by atoms with Crippen molar-refractivity contribution in [1.29, 1.82) is 0 Å². The van der Waals surface area contributed by atoms with Gasteiger partial charge in [-0.15, -0.1) is 0 Å². The molecule has 6 nitrogen and oxygen atoms in total. The number of imide groups is 1. The summed E-state index contributed by atoms with van der Waals surface area (Å²) in [5.74, 6) is 0.709. The zero-order valence-corrected chi connectivity index (χ0v) is 21.5. The molecular formula is C29H30N4O2S. The lowest BCUT2D eigenvalue weighted by Gasteiger charge is -2.30. The molecule has 7 heteroatoms. The molecule has 2 aliphatic rings. The number of fused-ring (bicyclic) bond motifs is 1. The summed E-state index contributed by atoms with van der Waals surface area (Å²) in [7, 11) is 0. The lowest BCUT2D eigenvalue weighted by Crippen LogP contribution is -2.32. The number of thioether (sulfide) groups is 1. The van der Waals surface area contributed by atoms with Crippen molar-refractivity contribution < 1.29 is 9.59 Å². The van der Waals surface area contributed by atoms with Crippen LogP contribution in [-0.4, -0.2) is 34.2 Å². The molecule has 36 heavy (non-hydrogen) atoms. The molecule has 0 radical (unpaired) electrons. The zero-order valence-electron chi connectivity index (χ0n) is 20.7. The molecule has 2 aromatic carbocycles. The Labute approximate surface area is 216 Å². The van der Waals surface area contributed by atoms with Gasteiger partial charge in [-0.1, -0.05) is 65.7 Å². The standard InChI is InChI=1S/C29H30N4O2S/c1-19-9-13-21(14-10-19)25-26(22-15-11-20(2)12-16-22)31-27-23(30-25)7-6-18-33(27)17-5-3-4-8-24-28(34)32-29(35)36-24/h8-16H,3-7,17-18H2,1-2H3,(H,32,34,35)/b24-8-. The van der Waals surface area contributed by atoms with Gasteiger partial charge in [0.2, 0.25) is 0 Å². The summed E-state index contributed by atoms with van der Waals surface area (Å²) >= 11 is 0.984. The second-order valence-electron chi connectivity index (χ2n) is 9.42. The molecule has 3 aromatic rings. The summed E-state index contributed by atoms with van der Waals surface area (Å²) in [5, 5.41) is 2.02. The highest BCUT2D eigenvalue weighted by Crippen LogP contribution is 2.35. The van der Waals surface area contributed by atoms with Crippen LogP contribution in [0.2, 0.25) is 0 Å². The fourth-order valence-electron chi connectivity index (χ4n) is 4.61. The number of nitrogens with zero attached hydrogens (tertiary/aromatic N) is 3. The fraction of sp³-hybridized carbons (Fsp3) is 0.310. The van der Waals surface area contributed by atoms with Crippen LogP contribution < -0.4 is 10.2 Å². The first-order valence-corrected chi connectivity index (χ1v) is 13.3. The minimum absolute atomic E-state index is 0.279. The fourth-order valence-corrected chi connectivity index (χ4v) is 5.30. The van der Waals surface area contributed by atoms with Crippen LogP contribution in [-0.2, 0) is 11.2 Å². The van der Waals surface area contributed by atoms with Crippen molar-refractivity contribution in [2.75, 3.05) is 18.0 Å². The van der Waals surface area contributed by atoms with E-state index in [-0.39, 0.29) is 11.1 Å². The molecule has 1 N–H and O–H groups in total. The van der Waals surface area contributed by atoms with Crippen molar-refractivity contribution >= 4 is 28.7 Å². The number of hydrogen-bond acceptors (Lipinski definition) is 6. The van der Waals surface area contributed by atoms with E-state index in [1.54, 1.807) is 0 Å². The summed E-state index contributed by atoms with van der Waals surface area (Å²) in [4.78, 5) is 36.3. The maximum Gasteiger partial charge on any atom is 0.290 e. The van der Waals surface area contributed by atoms with Crippen molar-refractivity contribution in [3.8, 4) is 22.5 Å². The van der Waals surface area contributed by atoms with Crippen LogP contribution in [0.15, 0.2) is 59.5 Å². The summed E-state index contributed by atoms with van der Waals surface area (Å²) in [6.45, 7) is 6.04. The molecule has 1 saturated heterocycles. The molecule has 3 heterocycles. The second-order valence-corrected chi connectivity index (χ2v) is 10.4. The van der Waals surface area contributed by atoms with Crippen LogP contribution >= 0.6 is 11.8 Å². The number of anilines is 1. The van der Waals surface area contributed by atoms with E-state index in [9.17, 15) is 9.59 Å². The van der Waals surface area contributed by atoms with E-state index < -0.39 is 0 Å². The van der Waals surface area contributed by atoms with Crippen LogP contribution in [0.5, 0.6) is 0 Å². The van der Waals surface area contributed by atoms with E-state index in [0.717, 1.165) is 91.0 Å². The molecule has 184 valence electrons. The van der Waals surface area contributed by atoms with E-state index >= 15 is 0 Å². The Morgan fingerprint density at radius 1 is 0.917 bits per heavy atom. The summed E-state index contributed by atoms with van der Waals surface area (Å²) in [6, 6.07) is 17.0. The molecule has 1 fully saturated rings. The van der Waals surface area contributed by atoms with Crippen LogP contribution in [0, 0.1) is 13.8 Å². The first-order chi connectivity index (χ1) is 17.5. The van der Waals surface area contributed by atoms with Crippen molar-refractivity contribution in [2.45, 2.75) is 46.0 Å². The molecular weight excluding hydrogens is 468 g/mol. The first-order valence-electron chi connectivity index (χ1n) is 12.5. The van der Waals surface area contributed by atoms with Gasteiger partial charge in [0.15, 0.2) is 5.82 Å². The number of unbranched alkanes of at least 4 members (excludes halogenated alkanes) is 2. The quantitative estimate of drug-likeness (QED) is 0.308. The Hall–Kier alpha value is -3.45. The normalized spacial score (nSPS) is 16.4. The van der Waals surface area contributed by atoms with Crippen molar-refractivity contribution in [1.82, 2.24) is 15.3 Å². The third kappa shape index (κ3) is 5.36. The predicted molar refractivity (Wildman–Crippen MR) is 146 cm³/mol. The van der Waals surface area contributed by atoms with E-state index in [1.807, 2.05) is 6.08 Å². The molecule has 0 aliphatic carbocycles. The van der Waals surface area contributed by atoms with Crippen molar-refractivity contribution in [3.63, 3.8) is 0 Å². The minimum Gasteiger partial charge on any atom is -0.355 e. The van der Waals surface area contributed by atoms with Gasteiger partial charge >= 0.3 is 0 Å². The molecule has 0 spiro atoms. The summed E-state index contributed by atoms with van der Waals surface area (Å²) in [6.07, 6.45) is 6.55. The minimum atomic E-state index is -0.288. The number of amides is 2. The number of carbonyl (C=O) groups excluding carboxylic acids is 2. The molecule has 1 aromatic heterocycles. The number of aryl methyl sites for hydroxylation is 3. The van der Waals surface area contributed by atoms with E-state index in [0.29, 0.717) is 4.91 Å². The number of nitrogens with one attached hydrogen (secondary N) is 1. The number of benzene rings is 2. The topological polar surface area (TPSA) is 75.2 Å². The van der Waals surface area contributed by atoms with Crippen LogP contribution in [0.4, 0.5) is 10.6 Å². The SMILES string of the molecule is Cc1ccc(-c2nc3c(nc2-c2ccc(C)cc2)N(CCCC/C=C2\SC(=O)NC2=O)CCC3)cc1. The number of allylic oxidation sites excluding steroid dienone is 1. The first kappa shape index (κ1) is 24.3. The van der Waals surface area contributed by atoms with Gasteiger partial charge in [0.25, 0.3) is 11.1 Å². The Morgan fingerprint density at radius 2 is 1.56 bits per heavy atom. The number of aromatic nitrogens is 2. The van der Waals surface area contributed by atoms with Gasteiger partial charge < -0.3 is 4.90 Å². The maximum atomic E-state index is 11.7. The summed E-state index contributed by atoms with van der Waals surface area (Å²) < 4.78 is 0. The summed E-state index contributed by atoms with van der Waals surface area (Å²) in [5.41, 5.74) is 7.52. The van der Waals surface area contributed by atoms with Crippen LogP contribution in [0.25, 0.3) is 22.5 Å². The largest absolute Gasteiger partial charge is 0.355 e.